The van der Waals surface area contributed by atoms with Gasteiger partial charge < -0.3 is 4.74 Å². The molecule has 1 aromatic rings. The lowest BCUT2D eigenvalue weighted by molar-refractivity contribution is -0.754. The van der Waals surface area contributed by atoms with E-state index < -0.39 is 0 Å². The van der Waals surface area contributed by atoms with Gasteiger partial charge in [-0.25, -0.2) is 0 Å². The molecule has 1 rings (SSSR count). The van der Waals surface area contributed by atoms with Gasteiger partial charge >= 0.3 is 0 Å². The van der Waals surface area contributed by atoms with E-state index in [1.54, 1.807) is 7.11 Å². The maximum Gasteiger partial charge on any atom is 0.211 e. The third kappa shape index (κ3) is 1.97. The van der Waals surface area contributed by atoms with Crippen LogP contribution in [-0.2, 0) is 5.54 Å². The minimum Gasteiger partial charge on any atom is -0.491 e. The van der Waals surface area contributed by atoms with Crippen LogP contribution in [0.2, 0.25) is 0 Å². The molecule has 12 heavy (non-hydrogen) atoms. The second kappa shape index (κ2) is 3.13. The molecule has 0 saturated heterocycles. The third-order valence-electron chi connectivity index (χ3n) is 1.78. The molecule has 0 aliphatic carbocycles. The molecule has 0 bridgehead atoms. The highest BCUT2D eigenvalue weighted by Gasteiger charge is 2.20. The van der Waals surface area contributed by atoms with E-state index in [2.05, 4.69) is 25.3 Å². The van der Waals surface area contributed by atoms with Gasteiger partial charge in [0.15, 0.2) is 17.5 Å². The highest BCUT2D eigenvalue weighted by atomic mass is 16.5. The smallest absolute Gasteiger partial charge is 0.211 e. The molecule has 2 heteroatoms. The summed E-state index contributed by atoms with van der Waals surface area (Å²) in [6.07, 6.45) is 4.04. The summed E-state index contributed by atoms with van der Waals surface area (Å²) in [6, 6.07) is 3.94. The SMILES string of the molecule is COc1ccc[n+](C(C)(C)C)c1. The summed E-state index contributed by atoms with van der Waals surface area (Å²) >= 11 is 0. The van der Waals surface area contributed by atoms with Gasteiger partial charge in [0.05, 0.1) is 7.11 Å². The first kappa shape index (κ1) is 9.04. The van der Waals surface area contributed by atoms with Crippen LogP contribution in [-0.4, -0.2) is 7.11 Å². The molecule has 0 atom stereocenters. The van der Waals surface area contributed by atoms with Gasteiger partial charge in [0, 0.05) is 26.8 Å². The third-order valence-corrected chi connectivity index (χ3v) is 1.78. The number of rotatable bonds is 1. The maximum atomic E-state index is 5.13. The van der Waals surface area contributed by atoms with Crippen LogP contribution in [0.25, 0.3) is 0 Å². The average Bonchev–Trinajstić information content (AvgIpc) is 2.03. The molecule has 2 nitrogen and oxygen atoms in total. The van der Waals surface area contributed by atoms with E-state index in [4.69, 9.17) is 4.74 Å². The largest absolute Gasteiger partial charge is 0.491 e. The summed E-state index contributed by atoms with van der Waals surface area (Å²) in [7, 11) is 1.68. The molecule has 0 radical (unpaired) electrons. The van der Waals surface area contributed by atoms with Crippen LogP contribution in [0.3, 0.4) is 0 Å². The van der Waals surface area contributed by atoms with E-state index in [-0.39, 0.29) is 5.54 Å². The van der Waals surface area contributed by atoms with Crippen molar-refractivity contribution in [3.8, 4) is 5.75 Å². The zero-order valence-corrected chi connectivity index (χ0v) is 8.16. The summed E-state index contributed by atoms with van der Waals surface area (Å²) in [4.78, 5) is 0. The van der Waals surface area contributed by atoms with Gasteiger partial charge in [-0.2, -0.15) is 4.57 Å². The summed E-state index contributed by atoms with van der Waals surface area (Å²) in [5.41, 5.74) is 0.120. The van der Waals surface area contributed by atoms with Crippen molar-refractivity contribution in [2.24, 2.45) is 0 Å². The monoisotopic (exact) mass is 166 g/mol. The predicted molar refractivity (Wildman–Crippen MR) is 48.2 cm³/mol. The Morgan fingerprint density at radius 1 is 1.33 bits per heavy atom. The number of hydrogen-bond donors (Lipinski definition) is 0. The lowest BCUT2D eigenvalue weighted by Gasteiger charge is -2.12. The average molecular weight is 166 g/mol. The number of hydrogen-bond acceptors (Lipinski definition) is 1. The molecule has 1 aromatic heterocycles. The molecule has 66 valence electrons. The normalized spacial score (nSPS) is 11.3. The lowest BCUT2D eigenvalue weighted by atomic mass is 10.1. The molecular weight excluding hydrogens is 150 g/mol. The Morgan fingerprint density at radius 3 is 2.50 bits per heavy atom. The molecule has 0 saturated carbocycles. The van der Waals surface area contributed by atoms with Crippen molar-refractivity contribution in [2.45, 2.75) is 26.3 Å². The van der Waals surface area contributed by atoms with E-state index in [0.29, 0.717) is 0 Å². The van der Waals surface area contributed by atoms with Gasteiger partial charge in [0.25, 0.3) is 0 Å². The van der Waals surface area contributed by atoms with Crippen LogP contribution in [0.4, 0.5) is 0 Å². The highest BCUT2D eigenvalue weighted by Crippen LogP contribution is 2.08. The first-order valence-corrected chi connectivity index (χ1v) is 4.10. The summed E-state index contributed by atoms with van der Waals surface area (Å²) < 4.78 is 7.26. The lowest BCUT2D eigenvalue weighted by Crippen LogP contribution is -2.49. The second-order valence-electron chi connectivity index (χ2n) is 3.82. The minimum absolute atomic E-state index is 0.120. The molecular formula is C10H16NO+. The van der Waals surface area contributed by atoms with Gasteiger partial charge in [-0.1, -0.05) is 0 Å². The van der Waals surface area contributed by atoms with E-state index >= 15 is 0 Å². The topological polar surface area (TPSA) is 13.1 Å². The Hall–Kier alpha value is -1.05. The molecule has 0 unspecified atom stereocenters. The molecule has 0 aromatic carbocycles. The van der Waals surface area contributed by atoms with Crippen molar-refractivity contribution in [1.29, 1.82) is 0 Å². The number of pyridine rings is 1. The van der Waals surface area contributed by atoms with Crippen molar-refractivity contribution in [3.63, 3.8) is 0 Å². The van der Waals surface area contributed by atoms with Gasteiger partial charge in [0.1, 0.15) is 0 Å². The first-order chi connectivity index (χ1) is 5.54. The fourth-order valence-corrected chi connectivity index (χ4v) is 0.992. The van der Waals surface area contributed by atoms with Crippen LogP contribution in [0.15, 0.2) is 24.5 Å². The van der Waals surface area contributed by atoms with Gasteiger partial charge in [0.2, 0.25) is 6.20 Å². The number of nitrogens with zero attached hydrogens (tertiary/aromatic N) is 1. The maximum absolute atomic E-state index is 5.13. The molecule has 0 amide bonds. The highest BCUT2D eigenvalue weighted by molar-refractivity contribution is 5.12. The molecule has 1 heterocycles. The fraction of sp³-hybridized carbons (Fsp3) is 0.500. The van der Waals surface area contributed by atoms with Crippen LogP contribution in [0.1, 0.15) is 20.8 Å². The Bertz CT molecular complexity index is 263. The van der Waals surface area contributed by atoms with Crippen LogP contribution >= 0.6 is 0 Å². The van der Waals surface area contributed by atoms with Gasteiger partial charge in [-0.05, 0) is 6.07 Å². The molecule has 0 aliphatic rings. The summed E-state index contributed by atoms with van der Waals surface area (Å²) in [5.74, 6) is 0.896. The minimum atomic E-state index is 0.120. The summed E-state index contributed by atoms with van der Waals surface area (Å²) in [6.45, 7) is 6.48. The zero-order chi connectivity index (χ0) is 9.19. The van der Waals surface area contributed by atoms with E-state index in [9.17, 15) is 0 Å². The summed E-state index contributed by atoms with van der Waals surface area (Å²) in [5, 5.41) is 0. The van der Waals surface area contributed by atoms with Crippen molar-refractivity contribution < 1.29 is 9.30 Å². The van der Waals surface area contributed by atoms with Crippen LogP contribution in [0.5, 0.6) is 5.75 Å². The van der Waals surface area contributed by atoms with Gasteiger partial charge in [-0.15, -0.1) is 0 Å². The zero-order valence-electron chi connectivity index (χ0n) is 8.16. The molecule has 0 fully saturated rings. The number of aromatic nitrogens is 1. The van der Waals surface area contributed by atoms with Crippen LogP contribution < -0.4 is 9.30 Å². The quantitative estimate of drug-likeness (QED) is 0.579. The Labute approximate surface area is 73.8 Å². The Morgan fingerprint density at radius 2 is 2.00 bits per heavy atom. The van der Waals surface area contributed by atoms with Crippen molar-refractivity contribution in [2.75, 3.05) is 7.11 Å². The van der Waals surface area contributed by atoms with Gasteiger partial charge in [-0.3, -0.25) is 0 Å². The molecule has 0 spiro atoms. The first-order valence-electron chi connectivity index (χ1n) is 4.10. The van der Waals surface area contributed by atoms with E-state index in [0.717, 1.165) is 5.75 Å². The predicted octanol–water partition coefficient (Wildman–Crippen LogP) is 1.74. The van der Waals surface area contributed by atoms with Crippen molar-refractivity contribution in [3.05, 3.63) is 24.5 Å². The van der Waals surface area contributed by atoms with E-state index in [1.165, 1.54) is 0 Å². The number of ether oxygens (including phenoxy) is 1. The number of methoxy groups -OCH3 is 1. The standard InChI is InChI=1S/C10H16NO/c1-10(2,3)11-7-5-6-9(8-11)12-4/h5-8H,1-4H3/q+1. The van der Waals surface area contributed by atoms with E-state index in [1.807, 2.05) is 24.5 Å². The second-order valence-corrected chi connectivity index (χ2v) is 3.82. The van der Waals surface area contributed by atoms with Crippen LogP contribution in [0, 0.1) is 0 Å². The Balaban J connectivity index is 3.02. The van der Waals surface area contributed by atoms with Crippen molar-refractivity contribution >= 4 is 0 Å². The molecule has 0 N–H and O–H groups in total. The van der Waals surface area contributed by atoms with Crippen molar-refractivity contribution in [1.82, 2.24) is 0 Å². The molecule has 0 aliphatic heterocycles. The Kier molecular flexibility index (Phi) is 2.36. The fourth-order valence-electron chi connectivity index (χ4n) is 0.992.